The third kappa shape index (κ3) is 3.37. The molecule has 10 aromatic rings. The quantitative estimate of drug-likeness (QED) is 0.170. The van der Waals surface area contributed by atoms with Crippen molar-refractivity contribution in [3.8, 4) is 23.3 Å². The summed E-state index contributed by atoms with van der Waals surface area (Å²) in [6, 6.07) is 60.8. The first-order chi connectivity index (χ1) is 28.2. The number of hydrogen-bond donors (Lipinski definition) is 0. The van der Waals surface area contributed by atoms with E-state index in [1.54, 1.807) is 0 Å². The minimum Gasteiger partial charge on any atom is -0.308 e. The summed E-state index contributed by atoms with van der Waals surface area (Å²) < 4.78 is 2.42. The first kappa shape index (κ1) is 29.8. The zero-order valence-corrected chi connectivity index (χ0v) is 30.6. The minimum absolute atomic E-state index is 0.00285. The highest BCUT2D eigenvalue weighted by atomic mass is 14.9. The number of aromatic nitrogens is 1. The molecule has 260 valence electrons. The van der Waals surface area contributed by atoms with Crippen LogP contribution in [0, 0.1) is 22.7 Å². The van der Waals surface area contributed by atoms with Gasteiger partial charge in [0.1, 0.15) is 0 Å². The highest BCUT2D eigenvalue weighted by molar-refractivity contribution is 6.27. The Morgan fingerprint density at radius 2 is 0.702 bits per heavy atom. The van der Waals surface area contributed by atoms with Gasteiger partial charge < -0.3 is 4.40 Å². The molecule has 4 bridgehead atoms. The Labute approximate surface area is 328 Å². The Bertz CT molecular complexity index is 3270. The molecule has 0 N–H and O–H groups in total. The molecule has 57 heavy (non-hydrogen) atoms. The summed E-state index contributed by atoms with van der Waals surface area (Å²) in [7, 11) is 0. The van der Waals surface area contributed by atoms with E-state index in [9.17, 15) is 10.5 Å². The van der Waals surface area contributed by atoms with Crippen LogP contribution in [-0.2, 0) is 0 Å². The molecular formula is C54H29N3. The average Bonchev–Trinajstić information content (AvgIpc) is 3.80. The number of fused-ring (bicyclic) bond motifs is 6. The van der Waals surface area contributed by atoms with E-state index in [1.165, 1.54) is 93.8 Å². The summed E-state index contributed by atoms with van der Waals surface area (Å²) in [6.45, 7) is 0. The van der Waals surface area contributed by atoms with Crippen molar-refractivity contribution in [1.82, 2.24) is 4.40 Å². The van der Waals surface area contributed by atoms with Gasteiger partial charge in [0.2, 0.25) is 0 Å². The Balaban J connectivity index is 1.20. The van der Waals surface area contributed by atoms with Crippen LogP contribution in [0.4, 0.5) is 0 Å². The molecule has 0 amide bonds. The SMILES string of the molecule is N#Cc1cc2c(c3c1C1c4ccccc4C3c3ccccc31)c1cc(-c3ccccc3)cc3c4c5c(c(C#N)cc4n2c13)C1c2ccccc2C5c2ccccc21. The fourth-order valence-electron chi connectivity index (χ4n) is 12.2. The summed E-state index contributed by atoms with van der Waals surface area (Å²) in [5.41, 5.74) is 22.4. The van der Waals surface area contributed by atoms with Crippen LogP contribution in [-0.4, -0.2) is 4.40 Å². The summed E-state index contributed by atoms with van der Waals surface area (Å²) in [4.78, 5) is 0. The van der Waals surface area contributed by atoms with Crippen molar-refractivity contribution >= 4 is 38.1 Å². The topological polar surface area (TPSA) is 52.0 Å². The maximum absolute atomic E-state index is 11.1. The van der Waals surface area contributed by atoms with Gasteiger partial charge in [0.05, 0.1) is 39.8 Å². The van der Waals surface area contributed by atoms with Crippen LogP contribution in [0.1, 0.15) is 102 Å². The predicted molar refractivity (Wildman–Crippen MR) is 226 cm³/mol. The molecular weight excluding hydrogens is 691 g/mol. The van der Waals surface area contributed by atoms with Gasteiger partial charge in [-0.1, -0.05) is 127 Å². The molecule has 0 fully saturated rings. The van der Waals surface area contributed by atoms with E-state index >= 15 is 0 Å². The molecule has 0 atom stereocenters. The van der Waals surface area contributed by atoms with E-state index in [0.717, 1.165) is 33.3 Å². The molecule has 0 spiro atoms. The van der Waals surface area contributed by atoms with Gasteiger partial charge in [-0.25, -0.2) is 0 Å². The molecule has 0 unspecified atom stereocenters. The lowest BCUT2D eigenvalue weighted by Gasteiger charge is -2.43. The molecule has 3 nitrogen and oxygen atoms in total. The van der Waals surface area contributed by atoms with Crippen LogP contribution in [0.15, 0.2) is 152 Å². The van der Waals surface area contributed by atoms with E-state index < -0.39 is 0 Å². The standard InChI is InChI=1S/C54H29N3/c55-26-30-24-42-50(52-44(30)46-32-14-4-8-18-36(32)48(52)37-19-9-5-15-33(37)46)40-22-29(28-12-2-1-3-13-28)23-41-51-43(57(42)54(40)41)25-31(27-56)45-47-34-16-6-10-20-38(34)49(53(45)51)39-21-11-7-17-35(39)47/h1-25,46-49H. The van der Waals surface area contributed by atoms with Crippen LogP contribution >= 0.6 is 0 Å². The molecule has 3 heteroatoms. The third-order valence-electron chi connectivity index (χ3n) is 14.1. The van der Waals surface area contributed by atoms with Gasteiger partial charge >= 0.3 is 0 Å². The lowest BCUT2D eigenvalue weighted by atomic mass is 9.59. The van der Waals surface area contributed by atoms with Crippen LogP contribution in [0.3, 0.4) is 0 Å². The largest absolute Gasteiger partial charge is 0.308 e. The molecule has 2 aromatic heterocycles. The normalized spacial score (nSPS) is 18.8. The second-order valence-electron chi connectivity index (χ2n) is 16.4. The molecule has 6 aliphatic rings. The van der Waals surface area contributed by atoms with Crippen molar-refractivity contribution in [3.63, 3.8) is 0 Å². The van der Waals surface area contributed by atoms with Gasteiger partial charge in [0.15, 0.2) is 0 Å². The summed E-state index contributed by atoms with van der Waals surface area (Å²) in [5, 5.41) is 27.1. The lowest BCUT2D eigenvalue weighted by molar-refractivity contribution is 0.758. The van der Waals surface area contributed by atoms with Crippen molar-refractivity contribution in [2.75, 3.05) is 0 Å². The fraction of sp³-hybridized carbons (Fsp3) is 0.0741. The molecule has 16 rings (SSSR count). The van der Waals surface area contributed by atoms with E-state index in [4.69, 9.17) is 0 Å². The number of hydrogen-bond acceptors (Lipinski definition) is 2. The van der Waals surface area contributed by atoms with Crippen LogP contribution in [0.25, 0.3) is 49.2 Å². The monoisotopic (exact) mass is 719 g/mol. The number of benzene rings is 8. The summed E-state index contributed by atoms with van der Waals surface area (Å²) >= 11 is 0. The summed E-state index contributed by atoms with van der Waals surface area (Å²) in [5.74, 6) is -0.0432. The molecule has 0 saturated carbocycles. The molecule has 2 heterocycles. The number of rotatable bonds is 1. The Hall–Kier alpha value is -7.46. The first-order valence-electron chi connectivity index (χ1n) is 19.9. The third-order valence-corrected chi connectivity index (χ3v) is 14.1. The van der Waals surface area contributed by atoms with Crippen LogP contribution in [0.5, 0.6) is 0 Å². The highest BCUT2D eigenvalue weighted by Crippen LogP contribution is 2.62. The maximum atomic E-state index is 11.1. The molecule has 0 aliphatic heterocycles. The maximum Gasteiger partial charge on any atom is 0.0995 e. The van der Waals surface area contributed by atoms with E-state index in [1.807, 2.05) is 0 Å². The van der Waals surface area contributed by atoms with Crippen molar-refractivity contribution < 1.29 is 0 Å². The van der Waals surface area contributed by atoms with Gasteiger partial charge in [-0.3, -0.25) is 0 Å². The van der Waals surface area contributed by atoms with Crippen molar-refractivity contribution in [2.24, 2.45) is 0 Å². The van der Waals surface area contributed by atoms with Crippen LogP contribution < -0.4 is 0 Å². The Morgan fingerprint density at radius 3 is 1.05 bits per heavy atom. The van der Waals surface area contributed by atoms with Gasteiger partial charge in [-0.2, -0.15) is 10.5 Å². The highest BCUT2D eigenvalue weighted by Gasteiger charge is 2.46. The second kappa shape index (κ2) is 10.2. The Kier molecular flexibility index (Phi) is 5.36. The minimum atomic E-state index is -0.0187. The van der Waals surface area contributed by atoms with Gasteiger partial charge in [0, 0.05) is 45.2 Å². The molecule has 0 saturated heterocycles. The van der Waals surface area contributed by atoms with Gasteiger partial charge in [-0.15, -0.1) is 0 Å². The van der Waals surface area contributed by atoms with Crippen LogP contribution in [0.2, 0.25) is 0 Å². The second-order valence-corrected chi connectivity index (χ2v) is 16.4. The molecule has 8 aromatic carbocycles. The first-order valence-corrected chi connectivity index (χ1v) is 19.9. The zero-order chi connectivity index (χ0) is 37.3. The summed E-state index contributed by atoms with van der Waals surface area (Å²) in [6.07, 6.45) is 0. The molecule has 0 radical (unpaired) electrons. The number of nitriles is 2. The molecule has 6 aliphatic carbocycles. The predicted octanol–water partition coefficient (Wildman–Crippen LogP) is 12.2. The van der Waals surface area contributed by atoms with Crippen molar-refractivity contribution in [3.05, 3.63) is 230 Å². The fourth-order valence-corrected chi connectivity index (χ4v) is 12.2. The van der Waals surface area contributed by atoms with Gasteiger partial charge in [0.25, 0.3) is 0 Å². The smallest absolute Gasteiger partial charge is 0.0995 e. The average molecular weight is 720 g/mol. The number of nitrogens with zero attached hydrogens (tertiary/aromatic N) is 3. The van der Waals surface area contributed by atoms with E-state index in [2.05, 4.69) is 168 Å². The van der Waals surface area contributed by atoms with Crippen molar-refractivity contribution in [2.45, 2.75) is 23.7 Å². The van der Waals surface area contributed by atoms with E-state index in [-0.39, 0.29) is 23.7 Å². The zero-order valence-electron chi connectivity index (χ0n) is 30.6. The lowest BCUT2D eigenvalue weighted by Crippen LogP contribution is -2.28. The van der Waals surface area contributed by atoms with E-state index in [0.29, 0.717) is 0 Å². The van der Waals surface area contributed by atoms with Gasteiger partial charge in [-0.05, 0) is 102 Å². The van der Waals surface area contributed by atoms with Crippen molar-refractivity contribution in [1.29, 1.82) is 10.5 Å². The Morgan fingerprint density at radius 1 is 0.368 bits per heavy atom.